The van der Waals surface area contributed by atoms with E-state index in [1.54, 1.807) is 7.11 Å². The van der Waals surface area contributed by atoms with Gasteiger partial charge >= 0.3 is 5.97 Å². The first-order valence-corrected chi connectivity index (χ1v) is 8.65. The highest BCUT2D eigenvalue weighted by atomic mass is 32.1. The number of carbonyl (C=O) groups excluding carboxylic acids is 1. The minimum Gasteiger partial charge on any atom is -0.497 e. The summed E-state index contributed by atoms with van der Waals surface area (Å²) in [5, 5.41) is 2.65. The van der Waals surface area contributed by atoms with Gasteiger partial charge in [-0.1, -0.05) is 12.1 Å². The molecule has 0 aliphatic heterocycles. The largest absolute Gasteiger partial charge is 0.497 e. The van der Waals surface area contributed by atoms with E-state index >= 15 is 0 Å². The number of benzene rings is 2. The van der Waals surface area contributed by atoms with E-state index in [2.05, 4.69) is 4.98 Å². The Bertz CT molecular complexity index is 879. The van der Waals surface area contributed by atoms with E-state index < -0.39 is 5.97 Å². The van der Waals surface area contributed by atoms with Gasteiger partial charge in [0.15, 0.2) is 6.61 Å². The van der Waals surface area contributed by atoms with Gasteiger partial charge in [-0.15, -0.1) is 11.3 Å². The number of halogens is 1. The van der Waals surface area contributed by atoms with Crippen LogP contribution in [0.5, 0.6) is 11.5 Å². The van der Waals surface area contributed by atoms with Crippen molar-refractivity contribution in [1.82, 2.24) is 4.98 Å². The zero-order chi connectivity index (χ0) is 18.4. The van der Waals surface area contributed by atoms with Crippen molar-refractivity contribution in [3.63, 3.8) is 0 Å². The number of thiazole rings is 1. The molecule has 5 nitrogen and oxygen atoms in total. The fraction of sp³-hybridized carbons (Fsp3) is 0.158. The van der Waals surface area contributed by atoms with Crippen molar-refractivity contribution in [2.45, 2.75) is 6.61 Å². The summed E-state index contributed by atoms with van der Waals surface area (Å²) in [6.07, 6.45) is 0. The second-order valence-corrected chi connectivity index (χ2v) is 6.14. The molecule has 3 aromatic rings. The minimum atomic E-state index is -0.523. The summed E-state index contributed by atoms with van der Waals surface area (Å²) in [7, 11) is 1.61. The molecule has 0 atom stereocenters. The van der Waals surface area contributed by atoms with Crippen LogP contribution < -0.4 is 9.47 Å². The normalized spacial score (nSPS) is 10.4. The number of esters is 1. The van der Waals surface area contributed by atoms with Crippen LogP contribution in [-0.4, -0.2) is 24.7 Å². The third-order valence-corrected chi connectivity index (χ3v) is 4.36. The maximum absolute atomic E-state index is 12.8. The van der Waals surface area contributed by atoms with Crippen LogP contribution in [0.25, 0.3) is 10.6 Å². The maximum Gasteiger partial charge on any atom is 0.344 e. The lowest BCUT2D eigenvalue weighted by atomic mass is 10.2. The smallest absolute Gasteiger partial charge is 0.344 e. The third-order valence-electron chi connectivity index (χ3n) is 3.42. The van der Waals surface area contributed by atoms with Gasteiger partial charge in [0.25, 0.3) is 0 Å². The molecule has 0 amide bonds. The van der Waals surface area contributed by atoms with E-state index in [0.717, 1.165) is 16.3 Å². The molecule has 0 aliphatic rings. The van der Waals surface area contributed by atoms with Crippen molar-refractivity contribution in [3.05, 3.63) is 65.4 Å². The van der Waals surface area contributed by atoms with Crippen molar-refractivity contribution in [2.75, 3.05) is 13.7 Å². The monoisotopic (exact) mass is 373 g/mol. The molecule has 134 valence electrons. The van der Waals surface area contributed by atoms with Gasteiger partial charge in [-0.2, -0.15) is 0 Å². The molecular weight excluding hydrogens is 357 g/mol. The predicted octanol–water partition coefficient (Wildman–Crippen LogP) is 4.08. The molecule has 1 heterocycles. The summed E-state index contributed by atoms with van der Waals surface area (Å²) in [6.45, 7) is -0.190. The highest BCUT2D eigenvalue weighted by Gasteiger charge is 2.09. The Labute approximate surface area is 154 Å². The number of carbonyl (C=O) groups is 1. The van der Waals surface area contributed by atoms with E-state index in [0.29, 0.717) is 11.4 Å². The SMILES string of the molecule is COc1cccc(-c2nc(COC(=O)COc3ccc(F)cc3)cs2)c1. The van der Waals surface area contributed by atoms with Crippen LogP contribution in [0.15, 0.2) is 53.9 Å². The fourth-order valence-electron chi connectivity index (χ4n) is 2.13. The summed E-state index contributed by atoms with van der Waals surface area (Å²) in [4.78, 5) is 16.2. The van der Waals surface area contributed by atoms with Gasteiger partial charge in [-0.3, -0.25) is 0 Å². The average molecular weight is 373 g/mol. The molecule has 0 fully saturated rings. The molecule has 0 N–H and O–H groups in total. The van der Waals surface area contributed by atoms with Crippen LogP contribution in [0.2, 0.25) is 0 Å². The van der Waals surface area contributed by atoms with Crippen LogP contribution in [0.4, 0.5) is 4.39 Å². The van der Waals surface area contributed by atoms with Gasteiger partial charge in [0.05, 0.1) is 12.8 Å². The first-order valence-electron chi connectivity index (χ1n) is 7.77. The Morgan fingerprint density at radius 1 is 1.15 bits per heavy atom. The Morgan fingerprint density at radius 3 is 2.73 bits per heavy atom. The standard InChI is InChI=1S/C19H16FNO4S/c1-23-17-4-2-3-13(9-17)19-21-15(12-26-19)10-25-18(22)11-24-16-7-5-14(20)6-8-16/h2-9,12H,10-11H2,1H3. The van der Waals surface area contributed by atoms with E-state index in [1.807, 2.05) is 29.6 Å². The zero-order valence-corrected chi connectivity index (χ0v) is 14.8. The molecule has 2 aromatic carbocycles. The van der Waals surface area contributed by atoms with Gasteiger partial charge in [-0.25, -0.2) is 14.2 Å². The lowest BCUT2D eigenvalue weighted by molar-refractivity contribution is -0.147. The first-order chi connectivity index (χ1) is 12.6. The number of ether oxygens (including phenoxy) is 3. The third kappa shape index (κ3) is 4.80. The van der Waals surface area contributed by atoms with E-state index in [-0.39, 0.29) is 19.0 Å². The Morgan fingerprint density at radius 2 is 1.96 bits per heavy atom. The molecule has 0 unspecified atom stereocenters. The number of methoxy groups -OCH3 is 1. The summed E-state index contributed by atoms with van der Waals surface area (Å²) in [5.41, 5.74) is 1.59. The predicted molar refractivity (Wildman–Crippen MR) is 95.8 cm³/mol. The van der Waals surface area contributed by atoms with Crippen LogP contribution in [0.3, 0.4) is 0 Å². The van der Waals surface area contributed by atoms with Crippen LogP contribution in [0.1, 0.15) is 5.69 Å². The Kier molecular flexibility index (Phi) is 5.80. The van der Waals surface area contributed by atoms with Crippen molar-refractivity contribution >= 4 is 17.3 Å². The first kappa shape index (κ1) is 17.9. The molecule has 0 bridgehead atoms. The lowest BCUT2D eigenvalue weighted by Crippen LogP contribution is -2.14. The highest BCUT2D eigenvalue weighted by Crippen LogP contribution is 2.27. The van der Waals surface area contributed by atoms with Crippen molar-refractivity contribution in [3.8, 4) is 22.1 Å². The van der Waals surface area contributed by atoms with Crippen LogP contribution in [-0.2, 0) is 16.1 Å². The number of hydrogen-bond acceptors (Lipinski definition) is 6. The van der Waals surface area contributed by atoms with Crippen molar-refractivity contribution < 1.29 is 23.4 Å². The molecule has 1 aromatic heterocycles. The average Bonchev–Trinajstić information content (AvgIpc) is 3.15. The Hall–Kier alpha value is -2.93. The molecule has 0 saturated carbocycles. The molecule has 0 saturated heterocycles. The van der Waals surface area contributed by atoms with Gasteiger partial charge in [0, 0.05) is 10.9 Å². The van der Waals surface area contributed by atoms with Gasteiger partial charge < -0.3 is 14.2 Å². The Balaban J connectivity index is 1.51. The molecule has 0 aliphatic carbocycles. The second kappa shape index (κ2) is 8.44. The van der Waals surface area contributed by atoms with E-state index in [9.17, 15) is 9.18 Å². The molecule has 26 heavy (non-hydrogen) atoms. The zero-order valence-electron chi connectivity index (χ0n) is 14.0. The molecular formula is C19H16FNO4S. The lowest BCUT2D eigenvalue weighted by Gasteiger charge is -2.06. The number of hydrogen-bond donors (Lipinski definition) is 0. The quantitative estimate of drug-likeness (QED) is 0.584. The van der Waals surface area contributed by atoms with Gasteiger partial charge in [-0.05, 0) is 36.4 Å². The van der Waals surface area contributed by atoms with Crippen LogP contribution >= 0.6 is 11.3 Å². The summed E-state index contributed by atoms with van der Waals surface area (Å²) in [5.74, 6) is 0.265. The number of nitrogens with zero attached hydrogens (tertiary/aromatic N) is 1. The van der Waals surface area contributed by atoms with E-state index in [1.165, 1.54) is 35.6 Å². The molecule has 0 radical (unpaired) electrons. The van der Waals surface area contributed by atoms with Gasteiger partial charge in [0.2, 0.25) is 0 Å². The fourth-order valence-corrected chi connectivity index (χ4v) is 2.93. The minimum absolute atomic E-state index is 0.0616. The van der Waals surface area contributed by atoms with Crippen molar-refractivity contribution in [2.24, 2.45) is 0 Å². The van der Waals surface area contributed by atoms with E-state index in [4.69, 9.17) is 14.2 Å². The molecule has 0 spiro atoms. The highest BCUT2D eigenvalue weighted by molar-refractivity contribution is 7.13. The van der Waals surface area contributed by atoms with Crippen molar-refractivity contribution in [1.29, 1.82) is 0 Å². The second-order valence-electron chi connectivity index (χ2n) is 5.28. The summed E-state index contributed by atoms with van der Waals surface area (Å²) in [6, 6.07) is 13.0. The van der Waals surface area contributed by atoms with Crippen LogP contribution in [0, 0.1) is 5.82 Å². The molecule has 3 rings (SSSR count). The topological polar surface area (TPSA) is 57.7 Å². The number of aromatic nitrogens is 1. The van der Waals surface area contributed by atoms with Gasteiger partial charge in [0.1, 0.15) is 28.9 Å². The summed E-state index contributed by atoms with van der Waals surface area (Å²) >= 11 is 1.46. The molecule has 7 heteroatoms. The number of rotatable bonds is 7. The summed E-state index contributed by atoms with van der Waals surface area (Å²) < 4.78 is 28.4. The maximum atomic E-state index is 12.8.